The molecule has 32 heavy (non-hydrogen) atoms. The molecule has 0 fully saturated rings. The van der Waals surface area contributed by atoms with Crippen LogP contribution in [0.5, 0.6) is 0 Å². The van der Waals surface area contributed by atoms with Gasteiger partial charge in [0.1, 0.15) is 0 Å². The minimum atomic E-state index is -0.226. The summed E-state index contributed by atoms with van der Waals surface area (Å²) in [7, 11) is 0. The molecule has 2 aliphatic rings. The molecule has 0 saturated carbocycles. The molecule has 0 aromatic carbocycles. The lowest BCUT2D eigenvalue weighted by Crippen LogP contribution is -2.36. The van der Waals surface area contributed by atoms with Crippen LogP contribution in [0.1, 0.15) is 119 Å². The average Bonchev–Trinajstić information content (AvgIpc) is 2.69. The quantitative estimate of drug-likeness (QED) is 0.231. The van der Waals surface area contributed by atoms with Gasteiger partial charge in [0.05, 0.1) is 5.57 Å². The van der Waals surface area contributed by atoms with Crippen LogP contribution in [0.3, 0.4) is 0 Å². The van der Waals surface area contributed by atoms with Crippen molar-refractivity contribution in [2.45, 2.75) is 119 Å². The maximum Gasteiger partial charge on any atom is 0.193 e. The predicted molar refractivity (Wildman–Crippen MR) is 132 cm³/mol. The molecule has 0 amide bonds. The van der Waals surface area contributed by atoms with Crippen LogP contribution in [0.4, 0.5) is 0 Å². The molecule has 3 heteroatoms. The Morgan fingerprint density at radius 1 is 0.719 bits per heavy atom. The lowest BCUT2D eigenvalue weighted by atomic mass is 9.65. The second-order valence-electron chi connectivity index (χ2n) is 11.7. The summed E-state index contributed by atoms with van der Waals surface area (Å²) in [5.74, 6) is 1.89. The average molecular weight is 443 g/mol. The van der Waals surface area contributed by atoms with Gasteiger partial charge in [-0.2, -0.15) is 0 Å². The number of rotatable bonds is 12. The van der Waals surface area contributed by atoms with E-state index in [0.717, 1.165) is 24.7 Å². The van der Waals surface area contributed by atoms with E-state index in [1.165, 1.54) is 44.9 Å². The number of hydrogen-bond acceptors (Lipinski definition) is 3. The molecule has 0 spiro atoms. The Labute approximate surface area is 196 Å². The fraction of sp³-hybridized carbons (Fsp3) is 0.759. The highest BCUT2D eigenvalue weighted by atomic mass is 16.2. The molecule has 0 saturated heterocycles. The van der Waals surface area contributed by atoms with Gasteiger partial charge in [0.15, 0.2) is 17.3 Å². The summed E-state index contributed by atoms with van der Waals surface area (Å²) in [5.41, 5.74) is 1.41. The Morgan fingerprint density at radius 3 is 1.78 bits per heavy atom. The number of Topliss-reactive ketones (excluding diaryl/α,β-unsaturated/α-hetero) is 3. The monoisotopic (exact) mass is 442 g/mol. The molecule has 0 aromatic rings. The Kier molecular flexibility index (Phi) is 9.67. The lowest BCUT2D eigenvalue weighted by Gasteiger charge is -2.36. The van der Waals surface area contributed by atoms with Crippen LogP contribution in [-0.2, 0) is 14.4 Å². The number of carbonyl (C=O) groups is 3. The van der Waals surface area contributed by atoms with Gasteiger partial charge in [-0.15, -0.1) is 0 Å². The van der Waals surface area contributed by atoms with Gasteiger partial charge in [0.25, 0.3) is 0 Å². The molecule has 0 N–H and O–H groups in total. The van der Waals surface area contributed by atoms with Crippen LogP contribution >= 0.6 is 0 Å². The SMILES string of the molecule is CC1=C(C)C(=O)C2=C(CC(C)(CCC[C@H](C)CCC[C@H](C)CCCC(C)C)CC2=O)C1=O. The number of ketones is 3. The minimum absolute atomic E-state index is 0.0905. The van der Waals surface area contributed by atoms with Crippen molar-refractivity contribution in [3.63, 3.8) is 0 Å². The number of hydrogen-bond donors (Lipinski definition) is 0. The summed E-state index contributed by atoms with van der Waals surface area (Å²) in [6.07, 6.45) is 12.1. The molecule has 0 bridgehead atoms. The Hall–Kier alpha value is -1.51. The van der Waals surface area contributed by atoms with Gasteiger partial charge in [-0.1, -0.05) is 86.0 Å². The first-order valence-electron chi connectivity index (χ1n) is 13.0. The smallest absolute Gasteiger partial charge is 0.193 e. The fourth-order valence-electron chi connectivity index (χ4n) is 5.47. The van der Waals surface area contributed by atoms with Gasteiger partial charge in [0, 0.05) is 23.1 Å². The molecule has 2 aliphatic carbocycles. The van der Waals surface area contributed by atoms with E-state index in [4.69, 9.17) is 0 Å². The first kappa shape index (κ1) is 26.7. The molecule has 2 rings (SSSR count). The van der Waals surface area contributed by atoms with Crippen molar-refractivity contribution in [2.75, 3.05) is 0 Å². The standard InChI is InChI=1S/C29H46O3/c1-19(2)11-8-12-20(3)13-9-14-21(4)15-10-16-29(7)17-24-26(25(30)18-29)28(32)23(6)22(5)27(24)31/h19-21H,8-18H2,1-7H3/t20-,21-,29?/m1/s1. The Morgan fingerprint density at radius 2 is 1.22 bits per heavy atom. The van der Waals surface area contributed by atoms with Crippen molar-refractivity contribution in [1.29, 1.82) is 0 Å². The van der Waals surface area contributed by atoms with Crippen molar-refractivity contribution < 1.29 is 14.4 Å². The van der Waals surface area contributed by atoms with Crippen LogP contribution in [0.25, 0.3) is 0 Å². The Balaban J connectivity index is 1.77. The van der Waals surface area contributed by atoms with E-state index in [-0.39, 0.29) is 28.3 Å². The summed E-state index contributed by atoms with van der Waals surface area (Å²) >= 11 is 0. The summed E-state index contributed by atoms with van der Waals surface area (Å²) in [6.45, 7) is 14.8. The van der Waals surface area contributed by atoms with Gasteiger partial charge in [0.2, 0.25) is 0 Å². The molecule has 1 unspecified atom stereocenters. The molecule has 3 nitrogen and oxygen atoms in total. The van der Waals surface area contributed by atoms with Crippen molar-refractivity contribution in [1.82, 2.24) is 0 Å². The second-order valence-corrected chi connectivity index (χ2v) is 11.7. The zero-order chi connectivity index (χ0) is 24.1. The van der Waals surface area contributed by atoms with Crippen LogP contribution in [0.2, 0.25) is 0 Å². The minimum Gasteiger partial charge on any atom is -0.294 e. The summed E-state index contributed by atoms with van der Waals surface area (Å²) < 4.78 is 0. The third-order valence-corrected chi connectivity index (χ3v) is 7.87. The second kappa shape index (κ2) is 11.6. The summed E-state index contributed by atoms with van der Waals surface area (Å²) in [6, 6.07) is 0. The van der Waals surface area contributed by atoms with Crippen LogP contribution in [0.15, 0.2) is 22.3 Å². The number of allylic oxidation sites excluding steroid dienone is 4. The van der Waals surface area contributed by atoms with E-state index in [2.05, 4.69) is 34.6 Å². The van der Waals surface area contributed by atoms with Crippen molar-refractivity contribution in [3.8, 4) is 0 Å². The van der Waals surface area contributed by atoms with Crippen LogP contribution in [-0.4, -0.2) is 17.3 Å². The zero-order valence-corrected chi connectivity index (χ0v) is 21.7. The van der Waals surface area contributed by atoms with E-state index < -0.39 is 0 Å². The van der Waals surface area contributed by atoms with Crippen molar-refractivity contribution in [3.05, 3.63) is 22.3 Å². The normalized spacial score (nSPS) is 23.8. The topological polar surface area (TPSA) is 51.2 Å². The van der Waals surface area contributed by atoms with Crippen molar-refractivity contribution in [2.24, 2.45) is 23.2 Å². The molecule has 0 radical (unpaired) electrons. The third-order valence-electron chi connectivity index (χ3n) is 7.87. The highest BCUT2D eigenvalue weighted by Gasteiger charge is 2.43. The molecular weight excluding hydrogens is 396 g/mol. The molecule has 3 atom stereocenters. The van der Waals surface area contributed by atoms with E-state index >= 15 is 0 Å². The van der Waals surface area contributed by atoms with E-state index in [1.807, 2.05) is 0 Å². The van der Waals surface area contributed by atoms with Crippen molar-refractivity contribution >= 4 is 17.3 Å². The fourth-order valence-corrected chi connectivity index (χ4v) is 5.47. The molecular formula is C29H46O3. The first-order valence-corrected chi connectivity index (χ1v) is 13.0. The summed E-state index contributed by atoms with van der Waals surface area (Å²) in [5, 5.41) is 0. The van der Waals surface area contributed by atoms with Gasteiger partial charge in [-0.3, -0.25) is 14.4 Å². The largest absolute Gasteiger partial charge is 0.294 e. The van der Waals surface area contributed by atoms with Gasteiger partial charge in [-0.25, -0.2) is 0 Å². The maximum absolute atomic E-state index is 12.8. The maximum atomic E-state index is 12.8. The highest BCUT2D eigenvalue weighted by Crippen LogP contribution is 2.44. The predicted octanol–water partition coefficient (Wildman–Crippen LogP) is 7.58. The third kappa shape index (κ3) is 6.99. The molecule has 0 heterocycles. The first-order chi connectivity index (χ1) is 14.9. The summed E-state index contributed by atoms with van der Waals surface area (Å²) in [4.78, 5) is 38.2. The lowest BCUT2D eigenvalue weighted by molar-refractivity contribution is -0.124. The van der Waals surface area contributed by atoms with Gasteiger partial charge >= 0.3 is 0 Å². The van der Waals surface area contributed by atoms with E-state index in [9.17, 15) is 14.4 Å². The number of carbonyl (C=O) groups excluding carboxylic acids is 3. The zero-order valence-electron chi connectivity index (χ0n) is 21.7. The molecule has 0 aromatic heterocycles. The van der Waals surface area contributed by atoms with Gasteiger partial charge in [-0.05, 0) is 49.9 Å². The van der Waals surface area contributed by atoms with E-state index in [1.54, 1.807) is 13.8 Å². The van der Waals surface area contributed by atoms with Gasteiger partial charge < -0.3 is 0 Å². The van der Waals surface area contributed by atoms with Crippen LogP contribution in [0, 0.1) is 23.2 Å². The molecule has 180 valence electrons. The van der Waals surface area contributed by atoms with E-state index in [0.29, 0.717) is 35.5 Å². The van der Waals surface area contributed by atoms with Crippen LogP contribution < -0.4 is 0 Å². The highest BCUT2D eigenvalue weighted by molar-refractivity contribution is 6.35. The molecule has 0 aliphatic heterocycles. The Bertz CT molecular complexity index is 782.